The third-order valence-corrected chi connectivity index (χ3v) is 4.25. The molecule has 0 bridgehead atoms. The molecule has 0 aliphatic heterocycles. The van der Waals surface area contributed by atoms with Crippen LogP contribution in [-0.4, -0.2) is 39.1 Å². The third kappa shape index (κ3) is 3.14. The molecule has 7 nitrogen and oxygen atoms in total. The molecular weight excluding hydrogens is 252 g/mol. The number of anilines is 2. The van der Waals surface area contributed by atoms with Gasteiger partial charge < -0.3 is 10.1 Å². The van der Waals surface area contributed by atoms with Crippen molar-refractivity contribution in [3.63, 3.8) is 0 Å². The van der Waals surface area contributed by atoms with Crippen LogP contribution in [0.2, 0.25) is 0 Å². The van der Waals surface area contributed by atoms with Crippen molar-refractivity contribution < 1.29 is 4.74 Å². The van der Waals surface area contributed by atoms with Crippen molar-refractivity contribution in [2.45, 2.75) is 24.5 Å². The lowest BCUT2D eigenvalue weighted by Crippen LogP contribution is -2.20. The fraction of sp³-hybridized carbons (Fsp3) is 0.700. The molecule has 0 radical (unpaired) electrons. The lowest BCUT2D eigenvalue weighted by molar-refractivity contribution is 0.312. The first-order valence-electron chi connectivity index (χ1n) is 5.86. The quantitative estimate of drug-likeness (QED) is 0.496. The average Bonchev–Trinajstić information content (AvgIpc) is 3.17. The topological polar surface area (TPSA) is 98.0 Å². The van der Waals surface area contributed by atoms with E-state index < -0.39 is 0 Å². The molecule has 1 aromatic rings. The second-order valence-corrected chi connectivity index (χ2v) is 5.36. The number of nitrogens with one attached hydrogen (secondary N) is 2. The van der Waals surface area contributed by atoms with Crippen LogP contribution in [0.15, 0.2) is 0 Å². The van der Waals surface area contributed by atoms with Gasteiger partial charge in [-0.1, -0.05) is 0 Å². The molecule has 0 unspecified atom stereocenters. The van der Waals surface area contributed by atoms with Crippen molar-refractivity contribution in [2.24, 2.45) is 5.84 Å². The average molecular weight is 270 g/mol. The number of aromatic nitrogens is 3. The van der Waals surface area contributed by atoms with E-state index in [1.54, 1.807) is 0 Å². The van der Waals surface area contributed by atoms with Gasteiger partial charge in [-0.25, -0.2) is 5.84 Å². The van der Waals surface area contributed by atoms with Gasteiger partial charge in [0.05, 0.1) is 6.61 Å². The maximum Gasteiger partial charge on any atom is 0.323 e. The van der Waals surface area contributed by atoms with E-state index >= 15 is 0 Å². The summed E-state index contributed by atoms with van der Waals surface area (Å²) in [5.41, 5.74) is 2.41. The zero-order chi connectivity index (χ0) is 13.0. The van der Waals surface area contributed by atoms with E-state index in [4.69, 9.17) is 10.6 Å². The minimum atomic E-state index is 0.275. The van der Waals surface area contributed by atoms with Crippen LogP contribution in [0.5, 0.6) is 6.01 Å². The molecule has 4 N–H and O–H groups in total. The van der Waals surface area contributed by atoms with Crippen LogP contribution in [0.25, 0.3) is 0 Å². The molecule has 0 aromatic carbocycles. The second kappa shape index (κ2) is 5.57. The summed E-state index contributed by atoms with van der Waals surface area (Å²) in [6.07, 6.45) is 4.58. The first kappa shape index (κ1) is 13.2. The largest absolute Gasteiger partial charge is 0.464 e. The van der Waals surface area contributed by atoms with Gasteiger partial charge in [0.25, 0.3) is 0 Å². The van der Waals surface area contributed by atoms with Crippen LogP contribution in [-0.2, 0) is 0 Å². The van der Waals surface area contributed by atoms with Crippen LogP contribution in [0.4, 0.5) is 11.9 Å². The molecule has 100 valence electrons. The van der Waals surface area contributed by atoms with E-state index in [-0.39, 0.29) is 6.01 Å². The highest BCUT2D eigenvalue weighted by Crippen LogP contribution is 2.46. The van der Waals surface area contributed by atoms with Gasteiger partial charge in [-0.05, 0) is 26.0 Å². The van der Waals surface area contributed by atoms with E-state index in [1.807, 2.05) is 18.7 Å². The summed E-state index contributed by atoms with van der Waals surface area (Å²) in [4.78, 5) is 12.3. The van der Waals surface area contributed by atoms with E-state index in [0.29, 0.717) is 23.3 Å². The molecule has 0 saturated heterocycles. The predicted octanol–water partition coefficient (Wildman–Crippen LogP) is 0.863. The van der Waals surface area contributed by atoms with E-state index in [1.165, 1.54) is 12.8 Å². The molecule has 18 heavy (non-hydrogen) atoms. The zero-order valence-corrected chi connectivity index (χ0v) is 11.4. The van der Waals surface area contributed by atoms with Crippen LogP contribution >= 0.6 is 11.8 Å². The Bertz CT molecular complexity index is 411. The lowest BCUT2D eigenvalue weighted by Gasteiger charge is -2.13. The Hall–Kier alpha value is -1.28. The number of nitrogens with zero attached hydrogens (tertiary/aromatic N) is 3. The molecule has 8 heteroatoms. The molecule has 0 amide bonds. The van der Waals surface area contributed by atoms with Crippen LogP contribution in [0.1, 0.15) is 19.8 Å². The smallest absolute Gasteiger partial charge is 0.323 e. The van der Waals surface area contributed by atoms with Crippen molar-refractivity contribution in [1.82, 2.24) is 15.0 Å². The summed E-state index contributed by atoms with van der Waals surface area (Å²) in [5.74, 6) is 6.10. The van der Waals surface area contributed by atoms with Crippen molar-refractivity contribution in [3.05, 3.63) is 0 Å². The molecule has 1 aromatic heterocycles. The SMILES string of the molecule is CCOc1nc(NN)nc(NCC2(SC)CC2)n1. The predicted molar refractivity (Wildman–Crippen MR) is 72.8 cm³/mol. The van der Waals surface area contributed by atoms with Gasteiger partial charge in [-0.2, -0.15) is 26.7 Å². The van der Waals surface area contributed by atoms with Gasteiger partial charge in [0.15, 0.2) is 0 Å². The molecule has 1 fully saturated rings. The van der Waals surface area contributed by atoms with Crippen LogP contribution in [0.3, 0.4) is 0 Å². The number of nitrogen functional groups attached to an aromatic ring is 1. The van der Waals surface area contributed by atoms with Crippen molar-refractivity contribution in [1.29, 1.82) is 0 Å². The highest BCUT2D eigenvalue weighted by molar-refractivity contribution is 8.00. The Morgan fingerprint density at radius 3 is 2.61 bits per heavy atom. The zero-order valence-electron chi connectivity index (χ0n) is 10.6. The number of hydrazine groups is 1. The minimum absolute atomic E-state index is 0.275. The summed E-state index contributed by atoms with van der Waals surface area (Å²) >= 11 is 1.88. The number of hydrogen-bond donors (Lipinski definition) is 3. The van der Waals surface area contributed by atoms with E-state index in [0.717, 1.165) is 6.54 Å². The monoisotopic (exact) mass is 270 g/mol. The Morgan fingerprint density at radius 1 is 1.33 bits per heavy atom. The summed E-state index contributed by atoms with van der Waals surface area (Å²) < 4.78 is 5.60. The number of ether oxygens (including phenoxy) is 1. The normalized spacial score (nSPS) is 16.2. The molecule has 0 atom stereocenters. The van der Waals surface area contributed by atoms with E-state index in [9.17, 15) is 0 Å². The van der Waals surface area contributed by atoms with Gasteiger partial charge in [-0.3, -0.25) is 5.43 Å². The Balaban J connectivity index is 2.04. The van der Waals surface area contributed by atoms with Gasteiger partial charge in [0, 0.05) is 11.3 Å². The molecule has 1 aliphatic rings. The lowest BCUT2D eigenvalue weighted by atomic mass is 10.4. The maximum atomic E-state index is 5.31. The van der Waals surface area contributed by atoms with Crippen LogP contribution < -0.4 is 21.3 Å². The molecule has 1 saturated carbocycles. The molecule has 1 heterocycles. The standard InChI is InChI=1S/C10H18N6OS/c1-3-17-9-14-7(13-8(15-9)16-11)12-6-10(18-2)4-5-10/h3-6,11H2,1-2H3,(H2,12,13,14,15,16). The molecule has 1 aliphatic carbocycles. The Labute approximate surface area is 110 Å². The Morgan fingerprint density at radius 2 is 2.06 bits per heavy atom. The summed E-state index contributed by atoms with van der Waals surface area (Å²) in [7, 11) is 0. The first-order chi connectivity index (χ1) is 8.71. The molecular formula is C10H18N6OS. The van der Waals surface area contributed by atoms with Crippen molar-refractivity contribution in [2.75, 3.05) is 30.1 Å². The fourth-order valence-corrected chi connectivity index (χ4v) is 2.25. The van der Waals surface area contributed by atoms with Crippen molar-refractivity contribution >= 4 is 23.7 Å². The third-order valence-electron chi connectivity index (χ3n) is 2.83. The molecule has 0 spiro atoms. The van der Waals surface area contributed by atoms with Gasteiger partial charge in [0.2, 0.25) is 11.9 Å². The fourth-order valence-electron chi connectivity index (χ4n) is 1.53. The van der Waals surface area contributed by atoms with E-state index in [2.05, 4.69) is 32.0 Å². The summed E-state index contributed by atoms with van der Waals surface area (Å²) in [5, 5.41) is 3.21. The summed E-state index contributed by atoms with van der Waals surface area (Å²) in [6, 6.07) is 0.275. The highest BCUT2D eigenvalue weighted by atomic mass is 32.2. The molecule has 2 rings (SSSR count). The van der Waals surface area contributed by atoms with Gasteiger partial charge in [0.1, 0.15) is 0 Å². The number of rotatable bonds is 7. The minimum Gasteiger partial charge on any atom is -0.464 e. The van der Waals surface area contributed by atoms with Gasteiger partial charge in [-0.15, -0.1) is 0 Å². The first-order valence-corrected chi connectivity index (χ1v) is 7.08. The highest BCUT2D eigenvalue weighted by Gasteiger charge is 2.41. The maximum absolute atomic E-state index is 5.31. The summed E-state index contributed by atoms with van der Waals surface area (Å²) in [6.45, 7) is 3.22. The Kier molecular flexibility index (Phi) is 4.07. The van der Waals surface area contributed by atoms with Crippen LogP contribution in [0, 0.1) is 0 Å². The number of thioether (sulfide) groups is 1. The second-order valence-electron chi connectivity index (χ2n) is 4.08. The van der Waals surface area contributed by atoms with Crippen molar-refractivity contribution in [3.8, 4) is 6.01 Å². The number of hydrogen-bond acceptors (Lipinski definition) is 8. The number of nitrogens with two attached hydrogens (primary N) is 1. The van der Waals surface area contributed by atoms with Gasteiger partial charge >= 0.3 is 6.01 Å².